The summed E-state index contributed by atoms with van der Waals surface area (Å²) in [4.78, 5) is 2.57. The van der Waals surface area contributed by atoms with Crippen LogP contribution >= 0.6 is 15.9 Å². The molecule has 1 unspecified atom stereocenters. The predicted molar refractivity (Wildman–Crippen MR) is 79.5 cm³/mol. The summed E-state index contributed by atoms with van der Waals surface area (Å²) in [7, 11) is 0. The highest BCUT2D eigenvalue weighted by Gasteiger charge is 2.11. The van der Waals surface area contributed by atoms with Gasteiger partial charge in [-0.15, -0.1) is 0 Å². The van der Waals surface area contributed by atoms with Gasteiger partial charge in [0.05, 0.1) is 0 Å². The van der Waals surface area contributed by atoms with E-state index in [4.69, 9.17) is 0 Å². The van der Waals surface area contributed by atoms with Crippen LogP contribution < -0.4 is 0 Å². The standard InChI is InChI=1S/C15H24BrN/c1-4-6-11-17(5-2)13(3)12-14-7-9-15(16)10-8-14/h7-10,13H,4-6,11-12H2,1-3H3. The zero-order valence-corrected chi connectivity index (χ0v) is 12.8. The maximum absolute atomic E-state index is 3.48. The summed E-state index contributed by atoms with van der Waals surface area (Å²) in [6.07, 6.45) is 3.73. The first kappa shape index (κ1) is 14.7. The third kappa shape index (κ3) is 5.22. The van der Waals surface area contributed by atoms with E-state index in [2.05, 4.69) is 65.9 Å². The molecule has 1 aromatic rings. The minimum Gasteiger partial charge on any atom is -0.301 e. The van der Waals surface area contributed by atoms with Crippen molar-refractivity contribution in [2.24, 2.45) is 0 Å². The molecule has 17 heavy (non-hydrogen) atoms. The third-order valence-corrected chi connectivity index (χ3v) is 3.80. The van der Waals surface area contributed by atoms with Gasteiger partial charge in [0.15, 0.2) is 0 Å². The molecule has 0 aliphatic rings. The van der Waals surface area contributed by atoms with Crippen molar-refractivity contribution in [1.82, 2.24) is 4.90 Å². The Morgan fingerprint density at radius 3 is 2.35 bits per heavy atom. The topological polar surface area (TPSA) is 3.24 Å². The normalized spacial score (nSPS) is 13.0. The van der Waals surface area contributed by atoms with Crippen LogP contribution in [0.15, 0.2) is 28.7 Å². The zero-order valence-electron chi connectivity index (χ0n) is 11.2. The fourth-order valence-electron chi connectivity index (χ4n) is 2.14. The van der Waals surface area contributed by atoms with Crippen LogP contribution in [0.2, 0.25) is 0 Å². The van der Waals surface area contributed by atoms with Crippen LogP contribution in [-0.4, -0.2) is 24.0 Å². The molecule has 0 bridgehead atoms. The molecular formula is C15H24BrN. The third-order valence-electron chi connectivity index (χ3n) is 3.27. The highest BCUT2D eigenvalue weighted by atomic mass is 79.9. The van der Waals surface area contributed by atoms with E-state index in [0.717, 1.165) is 17.4 Å². The molecule has 1 aromatic carbocycles. The van der Waals surface area contributed by atoms with Crippen LogP contribution in [0, 0.1) is 0 Å². The van der Waals surface area contributed by atoms with Crippen molar-refractivity contribution in [2.75, 3.05) is 13.1 Å². The molecule has 0 amide bonds. The molecule has 1 rings (SSSR count). The van der Waals surface area contributed by atoms with E-state index in [0.29, 0.717) is 6.04 Å². The van der Waals surface area contributed by atoms with Crippen molar-refractivity contribution in [3.63, 3.8) is 0 Å². The highest BCUT2D eigenvalue weighted by molar-refractivity contribution is 9.10. The van der Waals surface area contributed by atoms with Crippen molar-refractivity contribution in [2.45, 2.75) is 46.1 Å². The molecule has 0 N–H and O–H groups in total. The summed E-state index contributed by atoms with van der Waals surface area (Å²) in [6, 6.07) is 9.32. The first-order valence-corrected chi connectivity index (χ1v) is 7.45. The summed E-state index contributed by atoms with van der Waals surface area (Å²) < 4.78 is 1.16. The van der Waals surface area contributed by atoms with E-state index in [9.17, 15) is 0 Å². The Labute approximate surface area is 114 Å². The summed E-state index contributed by atoms with van der Waals surface area (Å²) in [6.45, 7) is 9.23. The van der Waals surface area contributed by atoms with Gasteiger partial charge in [-0.05, 0) is 50.6 Å². The predicted octanol–water partition coefficient (Wildman–Crippen LogP) is 4.50. The minimum absolute atomic E-state index is 0.632. The summed E-state index contributed by atoms with van der Waals surface area (Å²) in [5.74, 6) is 0. The number of unbranched alkanes of at least 4 members (excludes halogenated alkanes) is 1. The first-order chi connectivity index (χ1) is 8.17. The van der Waals surface area contributed by atoms with Crippen molar-refractivity contribution >= 4 is 15.9 Å². The quantitative estimate of drug-likeness (QED) is 0.716. The fourth-order valence-corrected chi connectivity index (χ4v) is 2.41. The SMILES string of the molecule is CCCCN(CC)C(C)Cc1ccc(Br)cc1. The average Bonchev–Trinajstić information content (AvgIpc) is 2.33. The van der Waals surface area contributed by atoms with Crippen LogP contribution in [0.1, 0.15) is 39.2 Å². The summed E-state index contributed by atoms with van der Waals surface area (Å²) in [5.41, 5.74) is 1.43. The molecule has 0 radical (unpaired) electrons. The lowest BCUT2D eigenvalue weighted by Gasteiger charge is -2.27. The van der Waals surface area contributed by atoms with E-state index in [-0.39, 0.29) is 0 Å². The smallest absolute Gasteiger partial charge is 0.0175 e. The van der Waals surface area contributed by atoms with Crippen molar-refractivity contribution in [3.05, 3.63) is 34.3 Å². The molecule has 0 fully saturated rings. The molecule has 96 valence electrons. The molecule has 0 saturated heterocycles. The number of halogens is 1. The maximum atomic E-state index is 3.48. The second-order valence-corrected chi connectivity index (χ2v) is 5.58. The number of hydrogen-bond acceptors (Lipinski definition) is 1. The summed E-state index contributed by atoms with van der Waals surface area (Å²) >= 11 is 3.48. The molecule has 2 heteroatoms. The second-order valence-electron chi connectivity index (χ2n) is 4.66. The Morgan fingerprint density at radius 2 is 1.82 bits per heavy atom. The molecular weight excluding hydrogens is 274 g/mol. The molecule has 0 aromatic heterocycles. The molecule has 0 saturated carbocycles. The van der Waals surface area contributed by atoms with Crippen LogP contribution in [0.5, 0.6) is 0 Å². The Balaban J connectivity index is 2.51. The van der Waals surface area contributed by atoms with Gasteiger partial charge in [0.2, 0.25) is 0 Å². The van der Waals surface area contributed by atoms with Crippen molar-refractivity contribution < 1.29 is 0 Å². The van der Waals surface area contributed by atoms with Crippen molar-refractivity contribution in [3.8, 4) is 0 Å². The van der Waals surface area contributed by atoms with Gasteiger partial charge in [-0.25, -0.2) is 0 Å². The van der Waals surface area contributed by atoms with Gasteiger partial charge < -0.3 is 4.90 Å². The molecule has 0 spiro atoms. The summed E-state index contributed by atoms with van der Waals surface area (Å²) in [5, 5.41) is 0. The Kier molecular flexibility index (Phi) is 6.83. The van der Waals surface area contributed by atoms with Gasteiger partial charge >= 0.3 is 0 Å². The molecule has 1 nitrogen and oxygen atoms in total. The van der Waals surface area contributed by atoms with Gasteiger partial charge in [-0.3, -0.25) is 0 Å². The molecule has 0 aliphatic carbocycles. The number of hydrogen-bond donors (Lipinski definition) is 0. The maximum Gasteiger partial charge on any atom is 0.0175 e. The van der Waals surface area contributed by atoms with E-state index < -0.39 is 0 Å². The first-order valence-electron chi connectivity index (χ1n) is 6.65. The van der Waals surface area contributed by atoms with Crippen LogP contribution in [0.4, 0.5) is 0 Å². The van der Waals surface area contributed by atoms with Crippen LogP contribution in [-0.2, 0) is 6.42 Å². The number of rotatable bonds is 7. The molecule has 1 atom stereocenters. The second kappa shape index (κ2) is 7.88. The van der Waals surface area contributed by atoms with Crippen LogP contribution in [0.3, 0.4) is 0 Å². The van der Waals surface area contributed by atoms with E-state index >= 15 is 0 Å². The highest BCUT2D eigenvalue weighted by Crippen LogP contribution is 2.14. The lowest BCUT2D eigenvalue weighted by atomic mass is 10.1. The van der Waals surface area contributed by atoms with E-state index in [1.165, 1.54) is 24.9 Å². The minimum atomic E-state index is 0.632. The lowest BCUT2D eigenvalue weighted by Crippen LogP contribution is -2.35. The van der Waals surface area contributed by atoms with Gasteiger partial charge in [0.25, 0.3) is 0 Å². The van der Waals surface area contributed by atoms with Gasteiger partial charge in [0, 0.05) is 10.5 Å². The number of nitrogens with zero attached hydrogens (tertiary/aromatic N) is 1. The Bertz CT molecular complexity index is 307. The van der Waals surface area contributed by atoms with Crippen LogP contribution in [0.25, 0.3) is 0 Å². The zero-order chi connectivity index (χ0) is 12.7. The Morgan fingerprint density at radius 1 is 1.18 bits per heavy atom. The molecule has 0 aliphatic heterocycles. The fraction of sp³-hybridized carbons (Fsp3) is 0.600. The lowest BCUT2D eigenvalue weighted by molar-refractivity contribution is 0.215. The number of benzene rings is 1. The average molecular weight is 298 g/mol. The van der Waals surface area contributed by atoms with E-state index in [1.54, 1.807) is 0 Å². The van der Waals surface area contributed by atoms with Gasteiger partial charge in [-0.1, -0.05) is 48.3 Å². The molecule has 0 heterocycles. The van der Waals surface area contributed by atoms with Gasteiger partial charge in [0.1, 0.15) is 0 Å². The largest absolute Gasteiger partial charge is 0.301 e. The number of likely N-dealkylation sites (N-methyl/N-ethyl adjacent to an activating group) is 1. The van der Waals surface area contributed by atoms with Crippen molar-refractivity contribution in [1.29, 1.82) is 0 Å². The monoisotopic (exact) mass is 297 g/mol. The van der Waals surface area contributed by atoms with E-state index in [1.807, 2.05) is 0 Å². The van der Waals surface area contributed by atoms with Gasteiger partial charge in [-0.2, -0.15) is 0 Å². The Hall–Kier alpha value is -0.340.